The van der Waals surface area contributed by atoms with Gasteiger partial charge in [0.25, 0.3) is 5.91 Å². The van der Waals surface area contributed by atoms with Crippen LogP contribution in [0.5, 0.6) is 11.5 Å². The second-order valence-electron chi connectivity index (χ2n) is 8.53. The van der Waals surface area contributed by atoms with Crippen molar-refractivity contribution in [1.82, 2.24) is 0 Å². The van der Waals surface area contributed by atoms with E-state index >= 15 is 0 Å². The highest BCUT2D eigenvalue weighted by Crippen LogP contribution is 2.54. The molecule has 17 heteroatoms. The van der Waals surface area contributed by atoms with E-state index in [1.54, 1.807) is 0 Å². The molecule has 0 bridgehead atoms. The Morgan fingerprint density at radius 1 is 0.953 bits per heavy atom. The van der Waals surface area contributed by atoms with Crippen LogP contribution in [0.4, 0.5) is 49.6 Å². The van der Waals surface area contributed by atoms with Gasteiger partial charge in [-0.05, 0) is 42.5 Å². The molecule has 1 N–H and O–H groups in total. The molecule has 0 saturated heterocycles. The molecule has 5 nitrogen and oxygen atoms in total. The fourth-order valence-electron chi connectivity index (χ4n) is 3.86. The maximum absolute atomic E-state index is 14.7. The zero-order valence-electron chi connectivity index (χ0n) is 21.1. The highest BCUT2D eigenvalue weighted by molar-refractivity contribution is 9.10. The number of carbonyl (C=O) groups excluding carboxylic acids is 2. The number of Topliss-reactive ketones (excluding diaryl/α,β-unsaturated/α-hetero) is 1. The molecule has 3 aromatic carbocycles. The first-order valence-electron chi connectivity index (χ1n) is 11.4. The summed E-state index contributed by atoms with van der Waals surface area (Å²) in [5, 5.41) is 2.13. The molecule has 0 aliphatic heterocycles. The van der Waals surface area contributed by atoms with Crippen LogP contribution in [0, 0.1) is 5.82 Å². The van der Waals surface area contributed by atoms with Crippen molar-refractivity contribution in [3.8, 4) is 11.5 Å². The Hall–Kier alpha value is -3.53. The van der Waals surface area contributed by atoms with E-state index in [2.05, 4.69) is 26.0 Å². The molecule has 0 spiro atoms. The molecule has 43 heavy (non-hydrogen) atoms. The normalized spacial score (nSPS) is 12.3. The maximum atomic E-state index is 14.7. The van der Waals surface area contributed by atoms with Gasteiger partial charge in [0.15, 0.2) is 11.5 Å². The summed E-state index contributed by atoms with van der Waals surface area (Å²) >= 11 is 8.52. The highest BCUT2D eigenvalue weighted by Gasteiger charge is 2.73. The largest absolute Gasteiger partial charge is 0.494 e. The van der Waals surface area contributed by atoms with Gasteiger partial charge in [0.1, 0.15) is 11.6 Å². The SMILES string of the molecule is COc1c(NC(=O)c2ccc(F)cc2Cl)cccc1C(=O)Cc1c(Br)cc(C(F)(C(F)(F)F)C(F)(F)F)cc1OC(F)F. The molecule has 0 aromatic heterocycles. The van der Waals surface area contributed by atoms with Crippen LogP contribution in [0.2, 0.25) is 5.02 Å². The van der Waals surface area contributed by atoms with E-state index in [0.29, 0.717) is 0 Å². The van der Waals surface area contributed by atoms with E-state index in [1.807, 2.05) is 0 Å². The summed E-state index contributed by atoms with van der Waals surface area (Å²) in [7, 11) is 1.08. The minimum Gasteiger partial charge on any atom is -0.494 e. The third-order valence-corrected chi connectivity index (χ3v) is 6.85. The average Bonchev–Trinajstić information content (AvgIpc) is 2.87. The third kappa shape index (κ3) is 7.00. The number of nitrogens with one attached hydrogen (secondary N) is 1. The fraction of sp³-hybridized carbons (Fsp3) is 0.231. The molecular formula is C26H15BrClF10NO4. The summed E-state index contributed by atoms with van der Waals surface area (Å²) in [5.41, 5.74) is -9.39. The van der Waals surface area contributed by atoms with Crippen molar-refractivity contribution >= 4 is 44.9 Å². The monoisotopic (exact) mass is 709 g/mol. The Morgan fingerprint density at radius 3 is 2.12 bits per heavy atom. The summed E-state index contributed by atoms with van der Waals surface area (Å²) in [6.07, 6.45) is -14.1. The molecule has 0 aliphatic carbocycles. The van der Waals surface area contributed by atoms with Gasteiger partial charge in [0, 0.05) is 22.0 Å². The van der Waals surface area contributed by atoms with Crippen molar-refractivity contribution in [3.63, 3.8) is 0 Å². The van der Waals surface area contributed by atoms with Gasteiger partial charge < -0.3 is 14.8 Å². The Labute approximate surface area is 248 Å². The number of halogens is 12. The van der Waals surface area contributed by atoms with Crippen LogP contribution >= 0.6 is 27.5 Å². The maximum Gasteiger partial charge on any atom is 0.435 e. The molecule has 0 saturated carbocycles. The van der Waals surface area contributed by atoms with Crippen LogP contribution in [0.3, 0.4) is 0 Å². The van der Waals surface area contributed by atoms with E-state index in [0.717, 1.165) is 31.4 Å². The molecule has 0 fully saturated rings. The van der Waals surface area contributed by atoms with Gasteiger partial charge >= 0.3 is 24.6 Å². The number of hydrogen-bond donors (Lipinski definition) is 1. The standard InChI is InChI=1S/C26H15BrClF10NO4/c1-42-21-14(3-2-4-18(21)39-22(41)13-6-5-12(29)9-17(13)28)19(40)10-15-16(27)7-11(8-20(15)43-23(30)31)24(32,25(33,34)35)26(36,37)38/h2-9,23H,10H2,1H3,(H,39,41). The minimum absolute atomic E-state index is 0.0439. The lowest BCUT2D eigenvalue weighted by Crippen LogP contribution is -2.50. The molecule has 0 aliphatic rings. The quantitative estimate of drug-likeness (QED) is 0.178. The van der Waals surface area contributed by atoms with Crippen LogP contribution in [-0.2, 0) is 12.1 Å². The van der Waals surface area contributed by atoms with E-state index in [4.69, 9.17) is 16.3 Å². The van der Waals surface area contributed by atoms with Crippen molar-refractivity contribution in [1.29, 1.82) is 0 Å². The topological polar surface area (TPSA) is 64.6 Å². The summed E-state index contributed by atoms with van der Waals surface area (Å²) in [4.78, 5) is 25.9. The first-order chi connectivity index (χ1) is 19.8. The van der Waals surface area contributed by atoms with Crippen molar-refractivity contribution in [2.24, 2.45) is 0 Å². The van der Waals surface area contributed by atoms with Crippen molar-refractivity contribution in [2.45, 2.75) is 31.1 Å². The second kappa shape index (κ2) is 12.6. The predicted octanol–water partition coefficient (Wildman–Crippen LogP) is 8.82. The number of anilines is 1. The number of alkyl halides is 9. The summed E-state index contributed by atoms with van der Waals surface area (Å²) < 4.78 is 142. The average molecular weight is 711 g/mol. The molecular weight excluding hydrogens is 696 g/mol. The lowest BCUT2D eigenvalue weighted by atomic mass is 9.91. The summed E-state index contributed by atoms with van der Waals surface area (Å²) in [6.45, 7) is -3.80. The van der Waals surface area contributed by atoms with Gasteiger partial charge in [-0.25, -0.2) is 8.78 Å². The van der Waals surface area contributed by atoms with Crippen LogP contribution in [-0.4, -0.2) is 37.8 Å². The zero-order chi connectivity index (χ0) is 32.5. The molecule has 0 heterocycles. The first-order valence-corrected chi connectivity index (χ1v) is 12.6. The zero-order valence-corrected chi connectivity index (χ0v) is 23.4. The third-order valence-electron chi connectivity index (χ3n) is 5.83. The Kier molecular flexibility index (Phi) is 9.95. The van der Waals surface area contributed by atoms with E-state index in [-0.39, 0.29) is 39.7 Å². The van der Waals surface area contributed by atoms with Crippen LogP contribution in [0.15, 0.2) is 53.0 Å². The lowest BCUT2D eigenvalue weighted by Gasteiger charge is -2.31. The molecule has 232 valence electrons. The molecule has 0 unspecified atom stereocenters. The molecule has 3 rings (SSSR count). The second-order valence-corrected chi connectivity index (χ2v) is 9.79. The van der Waals surface area contributed by atoms with Crippen LogP contribution in [0.25, 0.3) is 0 Å². The van der Waals surface area contributed by atoms with Crippen molar-refractivity contribution in [2.75, 3.05) is 12.4 Å². The van der Waals surface area contributed by atoms with Gasteiger partial charge in [-0.15, -0.1) is 0 Å². The number of methoxy groups -OCH3 is 1. The molecule has 3 aromatic rings. The van der Waals surface area contributed by atoms with Crippen LogP contribution in [0.1, 0.15) is 31.8 Å². The molecule has 0 atom stereocenters. The lowest BCUT2D eigenvalue weighted by molar-refractivity contribution is -0.348. The number of ether oxygens (including phenoxy) is 2. The van der Waals surface area contributed by atoms with Gasteiger partial charge in [-0.1, -0.05) is 33.6 Å². The Bertz CT molecular complexity index is 1530. The van der Waals surface area contributed by atoms with Gasteiger partial charge in [-0.2, -0.15) is 35.1 Å². The molecule has 0 radical (unpaired) electrons. The number of para-hydroxylation sites is 1. The fourth-order valence-corrected chi connectivity index (χ4v) is 4.70. The summed E-state index contributed by atoms with van der Waals surface area (Å²) in [5.74, 6) is -4.23. The van der Waals surface area contributed by atoms with Gasteiger partial charge in [-0.3, -0.25) is 9.59 Å². The van der Waals surface area contributed by atoms with E-state index < -0.39 is 69.9 Å². The Balaban J connectivity index is 2.05. The van der Waals surface area contributed by atoms with Gasteiger partial charge in [0.2, 0.25) is 0 Å². The van der Waals surface area contributed by atoms with Crippen molar-refractivity contribution in [3.05, 3.63) is 86.1 Å². The van der Waals surface area contributed by atoms with E-state index in [1.165, 1.54) is 12.1 Å². The number of benzene rings is 3. The Morgan fingerprint density at radius 2 is 1.58 bits per heavy atom. The summed E-state index contributed by atoms with van der Waals surface area (Å²) in [6, 6.07) is 6.39. The smallest absolute Gasteiger partial charge is 0.435 e. The number of ketones is 1. The number of amides is 1. The van der Waals surface area contributed by atoms with Crippen LogP contribution < -0.4 is 14.8 Å². The number of rotatable bonds is 9. The number of carbonyl (C=O) groups is 2. The number of hydrogen-bond acceptors (Lipinski definition) is 4. The van der Waals surface area contributed by atoms with Crippen molar-refractivity contribution < 1.29 is 63.0 Å². The van der Waals surface area contributed by atoms with E-state index in [9.17, 15) is 53.5 Å². The van der Waals surface area contributed by atoms with Gasteiger partial charge in [0.05, 0.1) is 28.9 Å². The highest BCUT2D eigenvalue weighted by atomic mass is 79.9. The minimum atomic E-state index is -6.56. The molecule has 1 amide bonds. The predicted molar refractivity (Wildman–Crippen MR) is 136 cm³/mol. The first kappa shape index (κ1) is 34.0.